The molecule has 2 rings (SSSR count). The second kappa shape index (κ2) is 5.15. The summed E-state index contributed by atoms with van der Waals surface area (Å²) in [6.07, 6.45) is 0.931. The molecule has 2 aromatic rings. The molecule has 2 aromatic carbocycles. The zero-order chi connectivity index (χ0) is 12.3. The predicted octanol–water partition coefficient (Wildman–Crippen LogP) is 3.55. The predicted molar refractivity (Wildman–Crippen MR) is 74.0 cm³/mol. The number of hydrogen-bond acceptors (Lipinski definition) is 1. The van der Waals surface area contributed by atoms with E-state index in [4.69, 9.17) is 5.73 Å². The average Bonchev–Trinajstić information content (AvgIpc) is 2.32. The normalized spacial score (nSPS) is 12.4. The average molecular weight is 225 g/mol. The van der Waals surface area contributed by atoms with Gasteiger partial charge in [0, 0.05) is 6.04 Å². The molecule has 0 saturated heterocycles. The summed E-state index contributed by atoms with van der Waals surface area (Å²) in [5.74, 6) is 0. The molecule has 0 bridgehead atoms. The Labute approximate surface area is 103 Å². The molecular weight excluding hydrogens is 206 g/mol. The summed E-state index contributed by atoms with van der Waals surface area (Å²) in [5.41, 5.74) is 11.1. The minimum Gasteiger partial charge on any atom is -0.328 e. The van der Waals surface area contributed by atoms with Gasteiger partial charge in [0.2, 0.25) is 0 Å². The second-order valence-corrected chi connectivity index (χ2v) is 4.70. The molecule has 0 aromatic heterocycles. The first-order chi connectivity index (χ1) is 8.16. The maximum absolute atomic E-state index is 5.85. The minimum atomic E-state index is 0.210. The van der Waals surface area contributed by atoms with Gasteiger partial charge >= 0.3 is 0 Å². The Kier molecular flexibility index (Phi) is 3.60. The summed E-state index contributed by atoms with van der Waals surface area (Å²) < 4.78 is 0. The van der Waals surface area contributed by atoms with Gasteiger partial charge in [-0.3, -0.25) is 0 Å². The largest absolute Gasteiger partial charge is 0.328 e. The quantitative estimate of drug-likeness (QED) is 0.849. The molecule has 2 N–H and O–H groups in total. The monoisotopic (exact) mass is 225 g/mol. The Bertz CT molecular complexity index is 486. The number of aryl methyl sites for hydroxylation is 1. The van der Waals surface area contributed by atoms with Gasteiger partial charge in [-0.1, -0.05) is 48.5 Å². The van der Waals surface area contributed by atoms with E-state index in [1.165, 1.54) is 22.3 Å². The van der Waals surface area contributed by atoms with Gasteiger partial charge in [-0.15, -0.1) is 0 Å². The van der Waals surface area contributed by atoms with Crippen molar-refractivity contribution in [3.8, 4) is 11.1 Å². The van der Waals surface area contributed by atoms with E-state index in [-0.39, 0.29) is 6.04 Å². The van der Waals surface area contributed by atoms with Crippen LogP contribution in [0.5, 0.6) is 0 Å². The highest BCUT2D eigenvalue weighted by Gasteiger charge is 2.04. The molecule has 0 spiro atoms. The van der Waals surface area contributed by atoms with Crippen LogP contribution < -0.4 is 5.73 Å². The fourth-order valence-corrected chi connectivity index (χ4v) is 2.10. The molecule has 0 heterocycles. The van der Waals surface area contributed by atoms with Crippen molar-refractivity contribution < 1.29 is 0 Å². The molecule has 17 heavy (non-hydrogen) atoms. The Hall–Kier alpha value is -1.60. The second-order valence-electron chi connectivity index (χ2n) is 4.70. The zero-order valence-electron chi connectivity index (χ0n) is 10.5. The first-order valence-electron chi connectivity index (χ1n) is 6.07. The number of rotatable bonds is 3. The van der Waals surface area contributed by atoms with Crippen LogP contribution in [-0.2, 0) is 6.42 Å². The van der Waals surface area contributed by atoms with Crippen LogP contribution in [0.1, 0.15) is 18.1 Å². The van der Waals surface area contributed by atoms with Crippen LogP contribution in [-0.4, -0.2) is 6.04 Å². The summed E-state index contributed by atoms with van der Waals surface area (Å²) in [5, 5.41) is 0. The van der Waals surface area contributed by atoms with Crippen molar-refractivity contribution in [2.75, 3.05) is 0 Å². The highest BCUT2D eigenvalue weighted by atomic mass is 14.6. The molecule has 88 valence electrons. The third-order valence-electron chi connectivity index (χ3n) is 2.94. The molecule has 0 aliphatic rings. The van der Waals surface area contributed by atoms with E-state index >= 15 is 0 Å². The Morgan fingerprint density at radius 3 is 2.41 bits per heavy atom. The van der Waals surface area contributed by atoms with Gasteiger partial charge in [0.25, 0.3) is 0 Å². The number of nitrogens with two attached hydrogens (primary N) is 1. The van der Waals surface area contributed by atoms with Crippen LogP contribution in [0.25, 0.3) is 11.1 Å². The molecule has 0 saturated carbocycles. The van der Waals surface area contributed by atoms with Crippen molar-refractivity contribution in [3.05, 3.63) is 59.7 Å². The third-order valence-corrected chi connectivity index (χ3v) is 2.94. The summed E-state index contributed by atoms with van der Waals surface area (Å²) >= 11 is 0. The maximum Gasteiger partial charge on any atom is 0.00509 e. The minimum absolute atomic E-state index is 0.210. The third kappa shape index (κ3) is 2.95. The van der Waals surface area contributed by atoms with Crippen LogP contribution in [0.2, 0.25) is 0 Å². The van der Waals surface area contributed by atoms with Crippen molar-refractivity contribution in [2.45, 2.75) is 26.3 Å². The van der Waals surface area contributed by atoms with Crippen molar-refractivity contribution in [3.63, 3.8) is 0 Å². The Morgan fingerprint density at radius 2 is 1.76 bits per heavy atom. The van der Waals surface area contributed by atoms with Gasteiger partial charge in [0.05, 0.1) is 0 Å². The van der Waals surface area contributed by atoms with Crippen molar-refractivity contribution in [1.82, 2.24) is 0 Å². The van der Waals surface area contributed by atoms with Crippen LogP contribution in [0, 0.1) is 6.92 Å². The summed E-state index contributed by atoms with van der Waals surface area (Å²) in [7, 11) is 0. The fourth-order valence-electron chi connectivity index (χ4n) is 2.10. The Balaban J connectivity index is 2.40. The number of benzene rings is 2. The standard InChI is InChI=1S/C16H19N/c1-12-8-9-14(10-13(2)17)11-16(12)15-6-4-3-5-7-15/h3-9,11,13H,10,17H2,1-2H3. The summed E-state index contributed by atoms with van der Waals surface area (Å²) in [6, 6.07) is 17.3. The van der Waals surface area contributed by atoms with Crippen LogP contribution in [0.4, 0.5) is 0 Å². The lowest BCUT2D eigenvalue weighted by Gasteiger charge is -2.10. The molecule has 0 amide bonds. The van der Waals surface area contributed by atoms with E-state index in [1.807, 2.05) is 13.0 Å². The van der Waals surface area contributed by atoms with Gasteiger partial charge in [-0.05, 0) is 42.5 Å². The number of hydrogen-bond donors (Lipinski definition) is 1. The van der Waals surface area contributed by atoms with Gasteiger partial charge in [0.1, 0.15) is 0 Å². The van der Waals surface area contributed by atoms with E-state index in [2.05, 4.69) is 49.4 Å². The van der Waals surface area contributed by atoms with Gasteiger partial charge in [-0.2, -0.15) is 0 Å². The van der Waals surface area contributed by atoms with E-state index in [0.29, 0.717) is 0 Å². The zero-order valence-corrected chi connectivity index (χ0v) is 10.5. The first-order valence-corrected chi connectivity index (χ1v) is 6.07. The molecular formula is C16H19N. The van der Waals surface area contributed by atoms with Gasteiger partial charge in [0.15, 0.2) is 0 Å². The molecule has 0 aliphatic carbocycles. The maximum atomic E-state index is 5.85. The van der Waals surface area contributed by atoms with Crippen molar-refractivity contribution in [1.29, 1.82) is 0 Å². The van der Waals surface area contributed by atoms with Crippen LogP contribution in [0.3, 0.4) is 0 Å². The highest BCUT2D eigenvalue weighted by Crippen LogP contribution is 2.24. The van der Waals surface area contributed by atoms with Crippen LogP contribution >= 0.6 is 0 Å². The molecule has 1 atom stereocenters. The molecule has 0 aliphatic heterocycles. The smallest absolute Gasteiger partial charge is 0.00509 e. The van der Waals surface area contributed by atoms with Gasteiger partial charge < -0.3 is 5.73 Å². The van der Waals surface area contributed by atoms with Crippen LogP contribution in [0.15, 0.2) is 48.5 Å². The lowest BCUT2D eigenvalue weighted by Crippen LogP contribution is -2.17. The molecule has 1 heteroatoms. The lowest BCUT2D eigenvalue weighted by molar-refractivity contribution is 0.738. The first kappa shape index (κ1) is 11.9. The molecule has 1 nitrogen and oxygen atoms in total. The van der Waals surface area contributed by atoms with E-state index < -0.39 is 0 Å². The van der Waals surface area contributed by atoms with Crippen molar-refractivity contribution >= 4 is 0 Å². The summed E-state index contributed by atoms with van der Waals surface area (Å²) in [4.78, 5) is 0. The van der Waals surface area contributed by atoms with E-state index in [1.54, 1.807) is 0 Å². The molecule has 0 radical (unpaired) electrons. The van der Waals surface area contributed by atoms with Gasteiger partial charge in [-0.25, -0.2) is 0 Å². The SMILES string of the molecule is Cc1ccc(CC(C)N)cc1-c1ccccc1. The van der Waals surface area contributed by atoms with E-state index in [9.17, 15) is 0 Å². The topological polar surface area (TPSA) is 26.0 Å². The Morgan fingerprint density at radius 1 is 1.06 bits per heavy atom. The van der Waals surface area contributed by atoms with E-state index in [0.717, 1.165) is 6.42 Å². The molecule has 0 fully saturated rings. The summed E-state index contributed by atoms with van der Waals surface area (Å²) in [6.45, 7) is 4.19. The fraction of sp³-hybridized carbons (Fsp3) is 0.250. The highest BCUT2D eigenvalue weighted by molar-refractivity contribution is 5.67. The van der Waals surface area contributed by atoms with Crippen molar-refractivity contribution in [2.24, 2.45) is 5.73 Å². The molecule has 1 unspecified atom stereocenters. The lowest BCUT2D eigenvalue weighted by atomic mass is 9.96.